The molecule has 1 aliphatic rings. The lowest BCUT2D eigenvalue weighted by Crippen LogP contribution is -2.36. The summed E-state index contributed by atoms with van der Waals surface area (Å²) in [7, 11) is 0. The molecule has 0 spiro atoms. The number of nitrogens with one attached hydrogen (secondary N) is 2. The van der Waals surface area contributed by atoms with Gasteiger partial charge in [0.2, 0.25) is 5.91 Å². The van der Waals surface area contributed by atoms with Crippen molar-refractivity contribution in [3.63, 3.8) is 0 Å². The summed E-state index contributed by atoms with van der Waals surface area (Å²) in [6, 6.07) is 9.56. The van der Waals surface area contributed by atoms with E-state index in [4.69, 9.17) is 27.9 Å². The van der Waals surface area contributed by atoms with Crippen LogP contribution in [0.25, 0.3) is 0 Å². The van der Waals surface area contributed by atoms with E-state index in [1.807, 2.05) is 12.1 Å². The monoisotopic (exact) mass is 397 g/mol. The quantitative estimate of drug-likeness (QED) is 0.799. The van der Waals surface area contributed by atoms with E-state index in [0.29, 0.717) is 23.9 Å². The van der Waals surface area contributed by atoms with Gasteiger partial charge in [0.1, 0.15) is 5.82 Å². The van der Waals surface area contributed by atoms with Crippen LogP contribution in [0.3, 0.4) is 0 Å². The van der Waals surface area contributed by atoms with Gasteiger partial charge in [-0.3, -0.25) is 4.79 Å². The Kier molecular flexibility index (Phi) is 6.19. The third-order valence-corrected chi connectivity index (χ3v) is 4.48. The number of ether oxygens (including phenoxy) is 1. The largest absolute Gasteiger partial charge is 0.378 e. The molecule has 3 rings (SSSR count). The number of carbonyl (C=O) groups is 1. The van der Waals surface area contributed by atoms with Crippen molar-refractivity contribution in [1.82, 2.24) is 0 Å². The maximum atomic E-state index is 13.2. The van der Waals surface area contributed by atoms with Crippen molar-refractivity contribution in [2.24, 2.45) is 0 Å². The van der Waals surface area contributed by atoms with Crippen molar-refractivity contribution >= 4 is 46.2 Å². The molecule has 1 saturated heterocycles. The Hall–Kier alpha value is -2.02. The lowest BCUT2D eigenvalue weighted by Gasteiger charge is -2.30. The summed E-state index contributed by atoms with van der Waals surface area (Å²) in [6.07, 6.45) is 0. The summed E-state index contributed by atoms with van der Waals surface area (Å²) in [5.41, 5.74) is 2.17. The van der Waals surface area contributed by atoms with Crippen molar-refractivity contribution in [3.8, 4) is 0 Å². The highest BCUT2D eigenvalue weighted by molar-refractivity contribution is 6.31. The van der Waals surface area contributed by atoms with Crippen molar-refractivity contribution in [3.05, 3.63) is 52.3 Å². The molecule has 2 N–H and O–H groups in total. The molecule has 0 aliphatic carbocycles. The predicted molar refractivity (Wildman–Crippen MR) is 103 cm³/mol. The summed E-state index contributed by atoms with van der Waals surface area (Å²) in [5.74, 6) is -0.808. The van der Waals surface area contributed by atoms with Gasteiger partial charge in [-0.15, -0.1) is 0 Å². The Morgan fingerprint density at radius 1 is 1.15 bits per heavy atom. The first-order valence-corrected chi connectivity index (χ1v) is 8.89. The Bertz CT molecular complexity index is 798. The highest BCUT2D eigenvalue weighted by Crippen LogP contribution is 2.29. The zero-order chi connectivity index (χ0) is 18.5. The Labute approximate surface area is 161 Å². The van der Waals surface area contributed by atoms with Crippen molar-refractivity contribution in [2.45, 2.75) is 0 Å². The van der Waals surface area contributed by atoms with E-state index >= 15 is 0 Å². The maximum absolute atomic E-state index is 13.2. The van der Waals surface area contributed by atoms with Gasteiger partial charge >= 0.3 is 0 Å². The van der Waals surface area contributed by atoms with Crippen molar-refractivity contribution in [1.29, 1.82) is 0 Å². The van der Waals surface area contributed by atoms with Crippen LogP contribution in [-0.2, 0) is 9.53 Å². The molecular formula is C18H18Cl2FN3O2. The molecule has 8 heteroatoms. The smallest absolute Gasteiger partial charge is 0.243 e. The molecule has 138 valence electrons. The fraction of sp³-hybridized carbons (Fsp3) is 0.278. The molecule has 1 aliphatic heterocycles. The number of carbonyl (C=O) groups excluding carboxylic acids is 1. The van der Waals surface area contributed by atoms with Crippen LogP contribution >= 0.6 is 23.2 Å². The van der Waals surface area contributed by atoms with Crippen LogP contribution in [0.15, 0.2) is 36.4 Å². The van der Waals surface area contributed by atoms with E-state index in [9.17, 15) is 9.18 Å². The lowest BCUT2D eigenvalue weighted by molar-refractivity contribution is -0.114. The highest BCUT2D eigenvalue weighted by Gasteiger charge is 2.16. The Balaban J connectivity index is 1.65. The summed E-state index contributed by atoms with van der Waals surface area (Å²) in [5, 5.41) is 6.32. The minimum Gasteiger partial charge on any atom is -0.378 e. The van der Waals surface area contributed by atoms with Gasteiger partial charge in [0.15, 0.2) is 0 Å². The van der Waals surface area contributed by atoms with Crippen LogP contribution in [0.1, 0.15) is 0 Å². The van der Waals surface area contributed by atoms with Gasteiger partial charge in [-0.2, -0.15) is 0 Å². The first kappa shape index (κ1) is 18.8. The van der Waals surface area contributed by atoms with E-state index in [-0.39, 0.29) is 17.5 Å². The zero-order valence-corrected chi connectivity index (χ0v) is 15.4. The number of rotatable bonds is 5. The number of morpholine rings is 1. The fourth-order valence-electron chi connectivity index (χ4n) is 2.68. The fourth-order valence-corrected chi connectivity index (χ4v) is 3.04. The van der Waals surface area contributed by atoms with E-state index in [0.717, 1.165) is 24.5 Å². The number of hydrogen-bond acceptors (Lipinski definition) is 4. The second-order valence-corrected chi connectivity index (χ2v) is 6.64. The average molecular weight is 398 g/mol. The van der Waals surface area contributed by atoms with E-state index in [2.05, 4.69) is 15.5 Å². The third-order valence-electron chi connectivity index (χ3n) is 3.95. The molecule has 1 fully saturated rings. The van der Waals surface area contributed by atoms with Gasteiger partial charge in [-0.25, -0.2) is 4.39 Å². The molecule has 0 atom stereocenters. The number of anilines is 3. The molecule has 1 heterocycles. The molecule has 0 bridgehead atoms. The predicted octanol–water partition coefficient (Wildman–Crippen LogP) is 4.02. The molecule has 0 saturated carbocycles. The van der Waals surface area contributed by atoms with Crippen molar-refractivity contribution in [2.75, 3.05) is 48.4 Å². The molecule has 0 aromatic heterocycles. The van der Waals surface area contributed by atoms with Crippen LogP contribution in [0.2, 0.25) is 10.0 Å². The second-order valence-electron chi connectivity index (χ2n) is 5.79. The van der Waals surface area contributed by atoms with Crippen LogP contribution in [0, 0.1) is 5.82 Å². The van der Waals surface area contributed by atoms with Gasteiger partial charge in [-0.05, 0) is 36.4 Å². The van der Waals surface area contributed by atoms with Gasteiger partial charge in [0.05, 0.1) is 36.2 Å². The highest BCUT2D eigenvalue weighted by atomic mass is 35.5. The SMILES string of the molecule is O=C(CNc1cc(Cl)ccc1N1CCOCC1)Nc1ccc(F)c(Cl)c1. The van der Waals surface area contributed by atoms with Gasteiger partial charge in [-0.1, -0.05) is 23.2 Å². The van der Waals surface area contributed by atoms with Crippen molar-refractivity contribution < 1.29 is 13.9 Å². The van der Waals surface area contributed by atoms with E-state index in [1.54, 1.807) is 6.07 Å². The number of benzene rings is 2. The lowest BCUT2D eigenvalue weighted by atomic mass is 10.2. The molecular weight excluding hydrogens is 380 g/mol. The Morgan fingerprint density at radius 2 is 1.92 bits per heavy atom. The van der Waals surface area contributed by atoms with E-state index in [1.165, 1.54) is 18.2 Å². The summed E-state index contributed by atoms with van der Waals surface area (Å²) >= 11 is 11.8. The second kappa shape index (κ2) is 8.58. The summed E-state index contributed by atoms with van der Waals surface area (Å²) in [6.45, 7) is 2.90. The zero-order valence-electron chi connectivity index (χ0n) is 13.9. The summed E-state index contributed by atoms with van der Waals surface area (Å²) in [4.78, 5) is 14.4. The van der Waals surface area contributed by atoms with Crippen LogP contribution in [-0.4, -0.2) is 38.8 Å². The van der Waals surface area contributed by atoms with Gasteiger partial charge < -0.3 is 20.3 Å². The molecule has 2 aromatic rings. The molecule has 0 unspecified atom stereocenters. The molecule has 2 aromatic carbocycles. The van der Waals surface area contributed by atoms with Crippen LogP contribution in [0.4, 0.5) is 21.5 Å². The van der Waals surface area contributed by atoms with Crippen LogP contribution < -0.4 is 15.5 Å². The third kappa shape index (κ3) is 4.78. The first-order valence-electron chi connectivity index (χ1n) is 8.14. The molecule has 26 heavy (non-hydrogen) atoms. The number of amides is 1. The topological polar surface area (TPSA) is 53.6 Å². The Morgan fingerprint density at radius 3 is 2.65 bits per heavy atom. The first-order chi connectivity index (χ1) is 12.5. The van der Waals surface area contributed by atoms with Crippen LogP contribution in [0.5, 0.6) is 0 Å². The van der Waals surface area contributed by atoms with Gasteiger partial charge in [0, 0.05) is 23.8 Å². The molecule has 5 nitrogen and oxygen atoms in total. The number of nitrogens with zero attached hydrogens (tertiary/aromatic N) is 1. The normalized spacial score (nSPS) is 14.2. The average Bonchev–Trinajstić information content (AvgIpc) is 2.64. The van der Waals surface area contributed by atoms with E-state index < -0.39 is 5.82 Å². The minimum absolute atomic E-state index is 0.0344. The standard InChI is InChI=1S/C18H18Cl2FN3O2/c19-12-1-4-17(24-5-7-26-8-6-24)16(9-12)22-11-18(25)23-13-2-3-15(21)14(20)10-13/h1-4,9-10,22H,5-8,11H2,(H,23,25). The maximum Gasteiger partial charge on any atom is 0.243 e. The molecule has 0 radical (unpaired) electrons. The minimum atomic E-state index is -0.531. The molecule has 1 amide bonds. The number of hydrogen-bond donors (Lipinski definition) is 2. The number of halogens is 3. The van der Waals surface area contributed by atoms with Gasteiger partial charge in [0.25, 0.3) is 0 Å². The summed E-state index contributed by atoms with van der Waals surface area (Å²) < 4.78 is 18.6.